The predicted molar refractivity (Wildman–Crippen MR) is 108 cm³/mol. The van der Waals surface area contributed by atoms with Crippen LogP contribution < -0.4 is 20.7 Å². The Morgan fingerprint density at radius 3 is 2.75 bits per heavy atom. The van der Waals surface area contributed by atoms with E-state index in [1.807, 2.05) is 0 Å². The van der Waals surface area contributed by atoms with Gasteiger partial charge in [0.15, 0.2) is 11.5 Å². The highest BCUT2D eigenvalue weighted by Gasteiger charge is 2.22. The molecule has 0 radical (unpaired) electrons. The summed E-state index contributed by atoms with van der Waals surface area (Å²) in [6.45, 7) is 3.92. The highest BCUT2D eigenvalue weighted by Crippen LogP contribution is 2.33. The summed E-state index contributed by atoms with van der Waals surface area (Å²) in [6, 6.07) is 9.75. The second kappa shape index (κ2) is 8.21. The van der Waals surface area contributed by atoms with E-state index >= 15 is 0 Å². The molecule has 1 atom stereocenters. The van der Waals surface area contributed by atoms with Crippen LogP contribution in [-0.2, 0) is 0 Å². The van der Waals surface area contributed by atoms with Crippen molar-refractivity contribution < 1.29 is 19.4 Å². The van der Waals surface area contributed by atoms with E-state index in [1.54, 1.807) is 30.3 Å². The third-order valence-corrected chi connectivity index (χ3v) is 4.99. The molecule has 148 valence electrons. The lowest BCUT2D eigenvalue weighted by atomic mass is 9.99. The average Bonchev–Trinajstić information content (AvgIpc) is 2.68. The third kappa shape index (κ3) is 4.03. The molecule has 28 heavy (non-hydrogen) atoms. The zero-order chi connectivity index (χ0) is 20.3. The maximum atomic E-state index is 12.8. The molecule has 2 aromatic rings. The molecule has 1 fully saturated rings. The van der Waals surface area contributed by atoms with E-state index in [-0.39, 0.29) is 17.1 Å². The summed E-state index contributed by atoms with van der Waals surface area (Å²) in [4.78, 5) is 26.6. The highest BCUT2D eigenvalue weighted by atomic mass is 16.5. The van der Waals surface area contributed by atoms with Crippen LogP contribution in [0.4, 0.5) is 11.4 Å². The van der Waals surface area contributed by atoms with Gasteiger partial charge >= 0.3 is 0 Å². The molecular weight excluding hydrogens is 358 g/mol. The number of piperidine rings is 1. The van der Waals surface area contributed by atoms with Crippen LogP contribution in [0, 0.1) is 5.92 Å². The lowest BCUT2D eigenvalue weighted by Gasteiger charge is -2.34. The van der Waals surface area contributed by atoms with Crippen LogP contribution in [0.5, 0.6) is 11.5 Å². The number of ether oxygens (including phenoxy) is 1. The molecule has 1 saturated heterocycles. The molecule has 1 heterocycles. The van der Waals surface area contributed by atoms with Gasteiger partial charge in [0.05, 0.1) is 24.0 Å². The van der Waals surface area contributed by atoms with Gasteiger partial charge in [-0.25, -0.2) is 0 Å². The van der Waals surface area contributed by atoms with Gasteiger partial charge in [0, 0.05) is 18.7 Å². The van der Waals surface area contributed by atoms with Crippen LogP contribution in [0.15, 0.2) is 36.4 Å². The number of rotatable bonds is 5. The molecule has 4 N–H and O–H groups in total. The molecule has 7 nitrogen and oxygen atoms in total. The molecule has 1 aliphatic heterocycles. The number of amides is 2. The number of anilines is 2. The summed E-state index contributed by atoms with van der Waals surface area (Å²) in [7, 11) is 1.42. The van der Waals surface area contributed by atoms with E-state index in [0.717, 1.165) is 31.6 Å². The number of carbonyl (C=O) groups is 2. The number of hydrogen-bond acceptors (Lipinski definition) is 5. The van der Waals surface area contributed by atoms with Gasteiger partial charge in [-0.1, -0.05) is 13.0 Å². The first-order valence-electron chi connectivity index (χ1n) is 9.26. The van der Waals surface area contributed by atoms with Gasteiger partial charge in [0.25, 0.3) is 5.91 Å². The van der Waals surface area contributed by atoms with Crippen molar-refractivity contribution in [2.75, 3.05) is 30.4 Å². The molecule has 0 aliphatic carbocycles. The molecule has 0 saturated carbocycles. The minimum atomic E-state index is -0.571. The zero-order valence-electron chi connectivity index (χ0n) is 16.1. The lowest BCUT2D eigenvalue weighted by Crippen LogP contribution is -2.35. The number of para-hydroxylation sites is 1. The second-order valence-electron chi connectivity index (χ2n) is 7.10. The quantitative estimate of drug-likeness (QED) is 0.736. The fourth-order valence-corrected chi connectivity index (χ4v) is 3.53. The number of nitrogens with two attached hydrogens (primary N) is 1. The summed E-state index contributed by atoms with van der Waals surface area (Å²) < 4.78 is 5.07. The molecule has 0 bridgehead atoms. The van der Waals surface area contributed by atoms with Crippen LogP contribution in [-0.4, -0.2) is 37.1 Å². The number of hydrogen-bond donors (Lipinski definition) is 3. The summed E-state index contributed by atoms with van der Waals surface area (Å²) in [5.41, 5.74) is 7.12. The number of primary amides is 1. The minimum Gasteiger partial charge on any atom is -0.504 e. The first-order chi connectivity index (χ1) is 13.4. The smallest absolute Gasteiger partial charge is 0.259 e. The SMILES string of the molecule is COc1cccc(C(=O)Nc2cc(C(N)=O)ccc2N2CCCC(C)C2)c1O. The standard InChI is InChI=1S/C21H25N3O4/c1-13-5-4-10-24(12-13)17-9-8-14(20(22)26)11-16(17)23-21(27)15-6-3-7-18(28-2)19(15)25/h3,6-9,11,13,25H,4-5,10,12H2,1-2H3,(H2,22,26)(H,23,27). The number of benzene rings is 2. The predicted octanol–water partition coefficient (Wildman–Crippen LogP) is 2.99. The van der Waals surface area contributed by atoms with Crippen LogP contribution >= 0.6 is 0 Å². The van der Waals surface area contributed by atoms with E-state index in [1.165, 1.54) is 13.2 Å². The van der Waals surface area contributed by atoms with Gasteiger partial charge in [0.1, 0.15) is 0 Å². The first kappa shape index (κ1) is 19.5. The molecule has 1 aliphatic rings. The van der Waals surface area contributed by atoms with Crippen LogP contribution in [0.2, 0.25) is 0 Å². The van der Waals surface area contributed by atoms with E-state index in [0.29, 0.717) is 17.2 Å². The average molecular weight is 383 g/mol. The van der Waals surface area contributed by atoms with Crippen molar-refractivity contribution in [3.05, 3.63) is 47.5 Å². The summed E-state index contributed by atoms with van der Waals surface area (Å²) in [5.74, 6) is -0.552. The Morgan fingerprint density at radius 1 is 1.29 bits per heavy atom. The number of nitrogens with one attached hydrogen (secondary N) is 1. The van der Waals surface area contributed by atoms with Gasteiger partial charge in [-0.05, 0) is 49.1 Å². The molecule has 0 aromatic heterocycles. The fourth-order valence-electron chi connectivity index (χ4n) is 3.53. The largest absolute Gasteiger partial charge is 0.504 e. The Labute approximate surface area is 164 Å². The fraction of sp³-hybridized carbons (Fsp3) is 0.333. The number of carbonyl (C=O) groups excluding carboxylic acids is 2. The monoisotopic (exact) mass is 383 g/mol. The van der Waals surface area contributed by atoms with Crippen molar-refractivity contribution >= 4 is 23.2 Å². The molecule has 2 aromatic carbocycles. The Bertz CT molecular complexity index is 897. The number of phenolic OH excluding ortho intramolecular Hbond substituents is 1. The maximum Gasteiger partial charge on any atom is 0.259 e. The third-order valence-electron chi connectivity index (χ3n) is 4.99. The molecule has 2 amide bonds. The van der Waals surface area contributed by atoms with Gasteiger partial charge in [-0.2, -0.15) is 0 Å². The van der Waals surface area contributed by atoms with E-state index < -0.39 is 11.8 Å². The van der Waals surface area contributed by atoms with Gasteiger partial charge < -0.3 is 25.8 Å². The van der Waals surface area contributed by atoms with Gasteiger partial charge in [0.2, 0.25) is 5.91 Å². The minimum absolute atomic E-state index is 0.0850. The highest BCUT2D eigenvalue weighted by molar-refractivity contribution is 6.09. The summed E-state index contributed by atoms with van der Waals surface area (Å²) >= 11 is 0. The number of methoxy groups -OCH3 is 1. The van der Waals surface area contributed by atoms with E-state index in [2.05, 4.69) is 17.1 Å². The van der Waals surface area contributed by atoms with Crippen molar-refractivity contribution in [2.24, 2.45) is 11.7 Å². The van der Waals surface area contributed by atoms with Crippen molar-refractivity contribution in [3.63, 3.8) is 0 Å². The van der Waals surface area contributed by atoms with Crippen molar-refractivity contribution in [1.29, 1.82) is 0 Å². The Morgan fingerprint density at radius 2 is 2.07 bits per heavy atom. The van der Waals surface area contributed by atoms with E-state index in [4.69, 9.17) is 10.5 Å². The van der Waals surface area contributed by atoms with Gasteiger partial charge in [-0.3, -0.25) is 9.59 Å². The Hall–Kier alpha value is -3.22. The summed E-state index contributed by atoms with van der Waals surface area (Å²) in [5, 5.41) is 13.1. The number of phenols is 1. The van der Waals surface area contributed by atoms with Crippen molar-refractivity contribution in [1.82, 2.24) is 0 Å². The van der Waals surface area contributed by atoms with Crippen LogP contribution in [0.1, 0.15) is 40.5 Å². The summed E-state index contributed by atoms with van der Waals surface area (Å²) in [6.07, 6.45) is 2.22. The molecule has 1 unspecified atom stereocenters. The maximum absolute atomic E-state index is 12.8. The Balaban J connectivity index is 1.96. The zero-order valence-corrected chi connectivity index (χ0v) is 16.1. The van der Waals surface area contributed by atoms with Crippen LogP contribution in [0.25, 0.3) is 0 Å². The van der Waals surface area contributed by atoms with E-state index in [9.17, 15) is 14.7 Å². The number of nitrogens with zero attached hydrogens (tertiary/aromatic N) is 1. The molecule has 0 spiro atoms. The lowest BCUT2D eigenvalue weighted by molar-refractivity contribution is 0.0995. The van der Waals surface area contributed by atoms with Crippen LogP contribution in [0.3, 0.4) is 0 Å². The molecule has 3 rings (SSSR count). The molecular formula is C21H25N3O4. The van der Waals surface area contributed by atoms with Crippen molar-refractivity contribution in [2.45, 2.75) is 19.8 Å². The van der Waals surface area contributed by atoms with Crippen molar-refractivity contribution in [3.8, 4) is 11.5 Å². The normalized spacial score (nSPS) is 16.5. The Kier molecular flexibility index (Phi) is 5.73. The molecule has 7 heteroatoms. The van der Waals surface area contributed by atoms with Gasteiger partial charge in [-0.15, -0.1) is 0 Å². The number of aromatic hydroxyl groups is 1. The first-order valence-corrected chi connectivity index (χ1v) is 9.26. The topological polar surface area (TPSA) is 105 Å². The second-order valence-corrected chi connectivity index (χ2v) is 7.10.